The number of morpholine rings is 1. The molecule has 0 bridgehead atoms. The van der Waals surface area contributed by atoms with Gasteiger partial charge in [-0.1, -0.05) is 48.5 Å². The summed E-state index contributed by atoms with van der Waals surface area (Å²) in [6, 6.07) is 17.8. The zero-order valence-corrected chi connectivity index (χ0v) is 15.0. The van der Waals surface area contributed by atoms with E-state index in [0.29, 0.717) is 6.54 Å². The van der Waals surface area contributed by atoms with Crippen molar-refractivity contribution in [1.82, 2.24) is 10.2 Å². The summed E-state index contributed by atoms with van der Waals surface area (Å²) in [6.45, 7) is 5.26. The molecular weight excluding hydrogens is 328 g/mol. The van der Waals surface area contributed by atoms with E-state index in [1.165, 1.54) is 0 Å². The summed E-state index contributed by atoms with van der Waals surface area (Å²) < 4.78 is 11.1. The molecule has 0 aliphatic carbocycles. The Labute approximate surface area is 154 Å². The maximum absolute atomic E-state index is 12.0. The first-order valence-electron chi connectivity index (χ1n) is 9.17. The Hall–Kier alpha value is -2.37. The molecule has 0 spiro atoms. The molecule has 5 heteroatoms. The molecule has 0 aromatic heterocycles. The first-order chi connectivity index (χ1) is 12.8. The quantitative estimate of drug-likeness (QED) is 0.741. The molecule has 1 heterocycles. The number of benzene rings is 2. The summed E-state index contributed by atoms with van der Waals surface area (Å²) in [7, 11) is 0. The lowest BCUT2D eigenvalue weighted by Crippen LogP contribution is -2.38. The maximum atomic E-state index is 12.0. The Bertz CT molecular complexity index is 685. The van der Waals surface area contributed by atoms with E-state index in [4.69, 9.17) is 9.47 Å². The third kappa shape index (κ3) is 5.58. The standard InChI is InChI=1S/C21H26N2O3/c24-21(22-11-6-12-23-13-15-25-16-14-23)17-26-20-10-5-4-9-19(20)18-7-2-1-3-8-18/h1-5,7-10H,6,11-17H2,(H,22,24). The number of carbonyl (C=O) groups excluding carboxylic acids is 1. The van der Waals surface area contributed by atoms with Crippen molar-refractivity contribution in [1.29, 1.82) is 0 Å². The lowest BCUT2D eigenvalue weighted by atomic mass is 10.1. The molecule has 1 aliphatic heterocycles. The molecule has 1 saturated heterocycles. The highest BCUT2D eigenvalue weighted by molar-refractivity contribution is 5.78. The largest absolute Gasteiger partial charge is 0.483 e. The maximum Gasteiger partial charge on any atom is 0.257 e. The smallest absolute Gasteiger partial charge is 0.257 e. The Kier molecular flexibility index (Phi) is 7.05. The highest BCUT2D eigenvalue weighted by atomic mass is 16.5. The van der Waals surface area contributed by atoms with Crippen LogP contribution in [0.25, 0.3) is 11.1 Å². The first-order valence-corrected chi connectivity index (χ1v) is 9.17. The molecule has 5 nitrogen and oxygen atoms in total. The topological polar surface area (TPSA) is 50.8 Å². The SMILES string of the molecule is O=C(COc1ccccc1-c1ccccc1)NCCCN1CCOCC1. The second kappa shape index (κ2) is 9.94. The van der Waals surface area contributed by atoms with E-state index < -0.39 is 0 Å². The van der Waals surface area contributed by atoms with Crippen molar-refractivity contribution < 1.29 is 14.3 Å². The summed E-state index contributed by atoms with van der Waals surface area (Å²) >= 11 is 0. The number of hydrogen-bond acceptors (Lipinski definition) is 4. The van der Waals surface area contributed by atoms with E-state index in [-0.39, 0.29) is 12.5 Å². The second-order valence-corrected chi connectivity index (χ2v) is 6.31. The average Bonchev–Trinajstić information content (AvgIpc) is 2.71. The van der Waals surface area contributed by atoms with E-state index in [9.17, 15) is 4.79 Å². The van der Waals surface area contributed by atoms with Crippen LogP contribution in [0.1, 0.15) is 6.42 Å². The average molecular weight is 354 g/mol. The molecule has 1 amide bonds. The van der Waals surface area contributed by atoms with Gasteiger partial charge in [-0.2, -0.15) is 0 Å². The van der Waals surface area contributed by atoms with Crippen LogP contribution in [0.5, 0.6) is 5.75 Å². The fourth-order valence-corrected chi connectivity index (χ4v) is 3.00. The number of ether oxygens (including phenoxy) is 2. The number of amides is 1. The molecule has 138 valence electrons. The van der Waals surface area contributed by atoms with Gasteiger partial charge in [-0.15, -0.1) is 0 Å². The van der Waals surface area contributed by atoms with Gasteiger partial charge in [0, 0.05) is 25.2 Å². The molecule has 3 rings (SSSR count). The highest BCUT2D eigenvalue weighted by Gasteiger charge is 2.10. The van der Waals surface area contributed by atoms with Crippen molar-refractivity contribution in [2.24, 2.45) is 0 Å². The lowest BCUT2D eigenvalue weighted by molar-refractivity contribution is -0.123. The molecule has 0 saturated carbocycles. The number of rotatable bonds is 8. The van der Waals surface area contributed by atoms with Crippen molar-refractivity contribution in [2.45, 2.75) is 6.42 Å². The van der Waals surface area contributed by atoms with E-state index in [1.54, 1.807) is 0 Å². The lowest BCUT2D eigenvalue weighted by Gasteiger charge is -2.26. The van der Waals surface area contributed by atoms with E-state index in [0.717, 1.165) is 56.1 Å². The Balaban J connectivity index is 1.42. The molecular formula is C21H26N2O3. The first kappa shape index (κ1) is 18.4. The summed E-state index contributed by atoms with van der Waals surface area (Å²) in [5.41, 5.74) is 2.07. The molecule has 2 aromatic rings. The third-order valence-corrected chi connectivity index (χ3v) is 4.41. The summed E-state index contributed by atoms with van der Waals surface area (Å²) in [5, 5.41) is 2.93. The van der Waals surface area contributed by atoms with Gasteiger partial charge in [-0.3, -0.25) is 9.69 Å². The van der Waals surface area contributed by atoms with E-state index >= 15 is 0 Å². The van der Waals surface area contributed by atoms with Crippen molar-refractivity contribution in [3.05, 3.63) is 54.6 Å². The van der Waals surface area contributed by atoms with Crippen LogP contribution >= 0.6 is 0 Å². The minimum Gasteiger partial charge on any atom is -0.483 e. The van der Waals surface area contributed by atoms with E-state index in [1.807, 2.05) is 54.6 Å². The van der Waals surface area contributed by atoms with Crippen molar-refractivity contribution >= 4 is 5.91 Å². The van der Waals surface area contributed by atoms with Gasteiger partial charge in [-0.05, 0) is 24.6 Å². The fraction of sp³-hybridized carbons (Fsp3) is 0.381. The molecule has 0 radical (unpaired) electrons. The van der Waals surface area contributed by atoms with Gasteiger partial charge < -0.3 is 14.8 Å². The summed E-state index contributed by atoms with van der Waals surface area (Å²) in [6.07, 6.45) is 0.937. The van der Waals surface area contributed by atoms with Crippen molar-refractivity contribution in [3.8, 4) is 16.9 Å². The van der Waals surface area contributed by atoms with Crippen LogP contribution < -0.4 is 10.1 Å². The molecule has 1 aliphatic rings. The number of hydrogen-bond donors (Lipinski definition) is 1. The Morgan fingerprint density at radius 3 is 2.58 bits per heavy atom. The minimum absolute atomic E-state index is 0.0292. The molecule has 0 unspecified atom stereocenters. The van der Waals surface area contributed by atoms with Gasteiger partial charge in [0.05, 0.1) is 13.2 Å². The fourth-order valence-electron chi connectivity index (χ4n) is 3.00. The highest BCUT2D eigenvalue weighted by Crippen LogP contribution is 2.29. The van der Waals surface area contributed by atoms with Gasteiger partial charge in [0.15, 0.2) is 6.61 Å². The normalized spacial score (nSPS) is 14.8. The van der Waals surface area contributed by atoms with Crippen LogP contribution in [0.3, 0.4) is 0 Å². The molecule has 1 fully saturated rings. The summed E-state index contributed by atoms with van der Waals surface area (Å²) in [4.78, 5) is 14.4. The van der Waals surface area contributed by atoms with Crippen LogP contribution in [-0.2, 0) is 9.53 Å². The van der Waals surface area contributed by atoms with Crippen LogP contribution in [0.15, 0.2) is 54.6 Å². The van der Waals surface area contributed by atoms with Crippen LogP contribution in [0.2, 0.25) is 0 Å². The van der Waals surface area contributed by atoms with Crippen LogP contribution in [0.4, 0.5) is 0 Å². The molecule has 2 aromatic carbocycles. The van der Waals surface area contributed by atoms with Crippen molar-refractivity contribution in [2.75, 3.05) is 46.0 Å². The number of carbonyl (C=O) groups is 1. The van der Waals surface area contributed by atoms with E-state index in [2.05, 4.69) is 10.2 Å². The second-order valence-electron chi connectivity index (χ2n) is 6.31. The predicted octanol–water partition coefficient (Wildman–Crippen LogP) is 2.57. The zero-order chi connectivity index (χ0) is 18.0. The third-order valence-electron chi connectivity index (χ3n) is 4.41. The minimum atomic E-state index is -0.0881. The van der Waals surface area contributed by atoms with Gasteiger partial charge in [0.25, 0.3) is 5.91 Å². The van der Waals surface area contributed by atoms with Crippen LogP contribution in [0, 0.1) is 0 Å². The monoisotopic (exact) mass is 354 g/mol. The Morgan fingerprint density at radius 2 is 1.77 bits per heavy atom. The molecule has 0 atom stereocenters. The Morgan fingerprint density at radius 1 is 1.04 bits per heavy atom. The van der Waals surface area contributed by atoms with Gasteiger partial charge in [-0.25, -0.2) is 0 Å². The summed E-state index contributed by atoms with van der Waals surface area (Å²) in [5.74, 6) is 0.636. The zero-order valence-electron chi connectivity index (χ0n) is 15.0. The van der Waals surface area contributed by atoms with Crippen LogP contribution in [-0.4, -0.2) is 56.8 Å². The predicted molar refractivity (Wildman–Crippen MR) is 102 cm³/mol. The number of para-hydroxylation sites is 1. The molecule has 1 N–H and O–H groups in total. The van der Waals surface area contributed by atoms with Crippen molar-refractivity contribution in [3.63, 3.8) is 0 Å². The number of nitrogens with one attached hydrogen (secondary N) is 1. The molecule has 26 heavy (non-hydrogen) atoms. The van der Waals surface area contributed by atoms with Gasteiger partial charge in [0.2, 0.25) is 0 Å². The van der Waals surface area contributed by atoms with Gasteiger partial charge in [0.1, 0.15) is 5.75 Å². The number of nitrogens with zero attached hydrogens (tertiary/aromatic N) is 1. The van der Waals surface area contributed by atoms with Gasteiger partial charge >= 0.3 is 0 Å².